The van der Waals surface area contributed by atoms with Gasteiger partial charge in [-0.25, -0.2) is 4.79 Å². The molecule has 0 aliphatic rings. The van der Waals surface area contributed by atoms with E-state index in [4.69, 9.17) is 25.8 Å². The van der Waals surface area contributed by atoms with Crippen molar-refractivity contribution in [1.29, 1.82) is 0 Å². The van der Waals surface area contributed by atoms with Gasteiger partial charge < -0.3 is 19.5 Å². The lowest BCUT2D eigenvalue weighted by Crippen LogP contribution is -2.21. The highest BCUT2D eigenvalue weighted by molar-refractivity contribution is 6.31. The number of hydrogen-bond donors (Lipinski definition) is 1. The van der Waals surface area contributed by atoms with E-state index in [2.05, 4.69) is 5.32 Å². The lowest BCUT2D eigenvalue weighted by atomic mass is 10.2. The van der Waals surface area contributed by atoms with Gasteiger partial charge in [0, 0.05) is 17.2 Å². The number of nitrogens with zero attached hydrogens (tertiary/aromatic N) is 1. The number of amides is 1. The van der Waals surface area contributed by atoms with Gasteiger partial charge in [0.05, 0.1) is 24.7 Å². The summed E-state index contributed by atoms with van der Waals surface area (Å²) >= 11 is 5.71. The zero-order valence-electron chi connectivity index (χ0n) is 14.4. The number of esters is 1. The zero-order chi connectivity index (χ0) is 20.0. The molecule has 27 heavy (non-hydrogen) atoms. The van der Waals surface area contributed by atoms with Crippen LogP contribution in [0.3, 0.4) is 0 Å². The minimum absolute atomic E-state index is 0.0616. The lowest BCUT2D eigenvalue weighted by molar-refractivity contribution is -0.383. The molecule has 0 saturated carbocycles. The van der Waals surface area contributed by atoms with Crippen molar-refractivity contribution in [3.05, 3.63) is 57.1 Å². The zero-order valence-corrected chi connectivity index (χ0v) is 15.1. The Hall–Kier alpha value is -3.33. The van der Waals surface area contributed by atoms with Crippen LogP contribution in [-0.4, -0.2) is 37.6 Å². The molecule has 9 nitrogen and oxygen atoms in total. The third kappa shape index (κ3) is 5.32. The largest absolute Gasteiger partial charge is 0.497 e. The van der Waals surface area contributed by atoms with Gasteiger partial charge in [0.25, 0.3) is 11.6 Å². The van der Waals surface area contributed by atoms with Crippen molar-refractivity contribution in [2.75, 3.05) is 26.1 Å². The van der Waals surface area contributed by atoms with E-state index in [0.29, 0.717) is 11.5 Å². The van der Waals surface area contributed by atoms with Crippen LogP contribution in [0.2, 0.25) is 5.02 Å². The third-order valence-electron chi connectivity index (χ3n) is 3.35. The number of nitro groups is 1. The second-order valence-corrected chi connectivity index (χ2v) is 5.58. The van der Waals surface area contributed by atoms with Crippen molar-refractivity contribution >= 4 is 34.9 Å². The van der Waals surface area contributed by atoms with Gasteiger partial charge in [0.2, 0.25) is 0 Å². The van der Waals surface area contributed by atoms with Crippen LogP contribution in [0.5, 0.6) is 11.5 Å². The summed E-state index contributed by atoms with van der Waals surface area (Å²) in [4.78, 5) is 34.4. The molecule has 0 heterocycles. The minimum atomic E-state index is -0.784. The molecular weight excluding hydrogens is 380 g/mol. The van der Waals surface area contributed by atoms with Gasteiger partial charge in [0.15, 0.2) is 6.61 Å². The number of carbonyl (C=O) groups excluding carboxylic acids is 2. The number of hydrogen-bond acceptors (Lipinski definition) is 7. The number of anilines is 1. The molecule has 2 rings (SSSR count). The van der Waals surface area contributed by atoms with Gasteiger partial charge in [-0.3, -0.25) is 14.9 Å². The first-order valence-electron chi connectivity index (χ1n) is 7.48. The Morgan fingerprint density at radius 2 is 1.74 bits per heavy atom. The Morgan fingerprint density at radius 1 is 1.11 bits per heavy atom. The molecule has 0 fully saturated rings. The number of methoxy groups -OCH3 is 2. The number of rotatable bonds is 7. The molecule has 0 saturated heterocycles. The fraction of sp³-hybridized carbons (Fsp3) is 0.176. The van der Waals surface area contributed by atoms with Gasteiger partial charge in [-0.1, -0.05) is 11.6 Å². The average Bonchev–Trinajstić information content (AvgIpc) is 2.66. The summed E-state index contributed by atoms with van der Waals surface area (Å²) in [6.07, 6.45) is 0. The summed E-state index contributed by atoms with van der Waals surface area (Å²) in [5, 5.41) is 13.5. The summed E-state index contributed by atoms with van der Waals surface area (Å²) in [6.45, 7) is -0.641. The van der Waals surface area contributed by atoms with E-state index in [1.54, 1.807) is 6.07 Å². The molecule has 10 heteroatoms. The average molecular weight is 395 g/mol. The van der Waals surface area contributed by atoms with Crippen molar-refractivity contribution in [1.82, 2.24) is 0 Å². The van der Waals surface area contributed by atoms with Crippen LogP contribution in [0, 0.1) is 10.1 Å². The first-order chi connectivity index (χ1) is 12.8. The number of nitrogens with one attached hydrogen (secondary N) is 1. The van der Waals surface area contributed by atoms with Gasteiger partial charge in [-0.15, -0.1) is 0 Å². The van der Waals surface area contributed by atoms with E-state index in [1.165, 1.54) is 38.5 Å². The van der Waals surface area contributed by atoms with E-state index in [9.17, 15) is 19.7 Å². The van der Waals surface area contributed by atoms with E-state index in [1.807, 2.05) is 0 Å². The first kappa shape index (κ1) is 20.0. The summed E-state index contributed by atoms with van der Waals surface area (Å²) in [5.74, 6) is -0.776. The highest BCUT2D eigenvalue weighted by Gasteiger charge is 2.18. The molecule has 0 aliphatic carbocycles. The molecule has 1 N–H and O–H groups in total. The molecular formula is C17H15ClN2O7. The van der Waals surface area contributed by atoms with Crippen LogP contribution in [0.25, 0.3) is 0 Å². The van der Waals surface area contributed by atoms with Crippen LogP contribution in [-0.2, 0) is 9.53 Å². The van der Waals surface area contributed by atoms with Crippen molar-refractivity contribution < 1.29 is 28.7 Å². The van der Waals surface area contributed by atoms with Crippen molar-refractivity contribution in [2.45, 2.75) is 0 Å². The Labute approximate surface area is 158 Å². The topological polar surface area (TPSA) is 117 Å². The molecule has 0 unspecified atom stereocenters. The highest BCUT2D eigenvalue weighted by atomic mass is 35.5. The Balaban J connectivity index is 2.04. The van der Waals surface area contributed by atoms with Crippen molar-refractivity contribution in [3.8, 4) is 11.5 Å². The highest BCUT2D eigenvalue weighted by Crippen LogP contribution is 2.27. The fourth-order valence-electron chi connectivity index (χ4n) is 2.09. The van der Waals surface area contributed by atoms with E-state index in [-0.39, 0.29) is 22.0 Å². The van der Waals surface area contributed by atoms with Gasteiger partial charge in [0.1, 0.15) is 17.2 Å². The molecule has 2 aromatic rings. The normalized spacial score (nSPS) is 10.0. The van der Waals surface area contributed by atoms with E-state index >= 15 is 0 Å². The van der Waals surface area contributed by atoms with Crippen LogP contribution in [0.1, 0.15) is 10.4 Å². The molecule has 2 aromatic carbocycles. The van der Waals surface area contributed by atoms with Gasteiger partial charge >= 0.3 is 5.97 Å². The Bertz CT molecular complexity index is 863. The Morgan fingerprint density at radius 3 is 2.30 bits per heavy atom. The number of benzene rings is 2. The summed E-state index contributed by atoms with van der Waals surface area (Å²) in [5.41, 5.74) is -0.315. The van der Waals surface area contributed by atoms with Crippen LogP contribution in [0.4, 0.5) is 11.4 Å². The molecule has 0 bridgehead atoms. The molecule has 0 atom stereocenters. The molecule has 0 aromatic heterocycles. The van der Waals surface area contributed by atoms with E-state index < -0.39 is 23.4 Å². The van der Waals surface area contributed by atoms with E-state index in [0.717, 1.165) is 6.07 Å². The maximum absolute atomic E-state index is 12.1. The molecule has 0 aliphatic heterocycles. The summed E-state index contributed by atoms with van der Waals surface area (Å²) < 4.78 is 15.0. The second-order valence-electron chi connectivity index (χ2n) is 5.14. The number of nitro benzene ring substituents is 1. The van der Waals surface area contributed by atoms with Crippen LogP contribution < -0.4 is 14.8 Å². The van der Waals surface area contributed by atoms with Crippen LogP contribution in [0.15, 0.2) is 36.4 Å². The van der Waals surface area contributed by atoms with Crippen LogP contribution >= 0.6 is 11.6 Å². The number of carbonyl (C=O) groups is 2. The van der Waals surface area contributed by atoms with Gasteiger partial charge in [-0.05, 0) is 24.3 Å². The quantitative estimate of drug-likeness (QED) is 0.435. The predicted molar refractivity (Wildman–Crippen MR) is 96.6 cm³/mol. The monoisotopic (exact) mass is 394 g/mol. The predicted octanol–water partition coefficient (Wildman–Crippen LogP) is 3.06. The standard InChI is InChI=1S/C17H15ClN2O7/c1-25-12-5-10(6-13(8-12)26-2)17(22)27-9-16(21)19-14-4-3-11(18)7-15(14)20(23)24/h3-8H,9H2,1-2H3,(H,19,21). The fourth-order valence-corrected chi connectivity index (χ4v) is 2.25. The second kappa shape index (κ2) is 8.86. The first-order valence-corrected chi connectivity index (χ1v) is 7.86. The molecule has 1 amide bonds. The molecule has 0 radical (unpaired) electrons. The maximum Gasteiger partial charge on any atom is 0.338 e. The summed E-state index contributed by atoms with van der Waals surface area (Å²) in [7, 11) is 2.85. The summed E-state index contributed by atoms with van der Waals surface area (Å²) in [6, 6.07) is 8.19. The van der Waals surface area contributed by atoms with Crippen molar-refractivity contribution in [2.24, 2.45) is 0 Å². The number of ether oxygens (including phenoxy) is 3. The molecule has 0 spiro atoms. The third-order valence-corrected chi connectivity index (χ3v) is 3.59. The SMILES string of the molecule is COc1cc(OC)cc(C(=O)OCC(=O)Nc2ccc(Cl)cc2[N+](=O)[O-])c1. The molecule has 142 valence electrons. The minimum Gasteiger partial charge on any atom is -0.497 e. The lowest BCUT2D eigenvalue weighted by Gasteiger charge is -2.09. The Kier molecular flexibility index (Phi) is 6.56. The smallest absolute Gasteiger partial charge is 0.338 e. The number of halogens is 1. The van der Waals surface area contributed by atoms with Crippen molar-refractivity contribution in [3.63, 3.8) is 0 Å². The van der Waals surface area contributed by atoms with Gasteiger partial charge in [-0.2, -0.15) is 0 Å². The maximum atomic E-state index is 12.1.